The van der Waals surface area contributed by atoms with E-state index in [0.29, 0.717) is 0 Å². The molecule has 0 N–H and O–H groups in total. The lowest BCUT2D eigenvalue weighted by atomic mass is 10.1. The molecule has 6 heteroatoms. The summed E-state index contributed by atoms with van der Waals surface area (Å²) in [4.78, 5) is 3.36. The molecule has 1 aromatic heterocycles. The van der Waals surface area contributed by atoms with Gasteiger partial charge < -0.3 is 0 Å². The minimum absolute atomic E-state index is 0.118. The molecule has 1 heterocycles. The minimum Gasteiger partial charge on any atom is -0.244 e. The number of aromatic nitrogens is 1. The number of nitrogens with zero attached hydrogens (tertiary/aromatic N) is 2. The van der Waals surface area contributed by atoms with Crippen molar-refractivity contribution in [2.45, 2.75) is 12.6 Å². The molecule has 0 bridgehead atoms. The fourth-order valence-corrected chi connectivity index (χ4v) is 1.09. The van der Waals surface area contributed by atoms with E-state index in [4.69, 9.17) is 16.9 Å². The highest BCUT2D eigenvalue weighted by molar-refractivity contribution is 6.30. The first kappa shape index (κ1) is 10.8. The zero-order chi connectivity index (χ0) is 10.8. The number of halogens is 4. The van der Waals surface area contributed by atoms with Gasteiger partial charge in [-0.2, -0.15) is 18.4 Å². The van der Waals surface area contributed by atoms with E-state index in [-0.39, 0.29) is 12.0 Å². The average Bonchev–Trinajstić information content (AvgIpc) is 2.07. The summed E-state index contributed by atoms with van der Waals surface area (Å²) in [6.45, 7) is 0. The minimum atomic E-state index is -4.53. The van der Waals surface area contributed by atoms with E-state index in [0.717, 1.165) is 12.3 Å². The van der Waals surface area contributed by atoms with Gasteiger partial charge in [-0.05, 0) is 11.6 Å². The fraction of sp³-hybridized carbons (Fsp3) is 0.250. The Kier molecular flexibility index (Phi) is 2.96. The van der Waals surface area contributed by atoms with Crippen molar-refractivity contribution in [3.8, 4) is 6.07 Å². The summed E-state index contributed by atoms with van der Waals surface area (Å²) in [5.41, 5.74) is -0.809. The van der Waals surface area contributed by atoms with Crippen molar-refractivity contribution in [1.29, 1.82) is 5.26 Å². The van der Waals surface area contributed by atoms with E-state index >= 15 is 0 Å². The Morgan fingerprint density at radius 1 is 1.50 bits per heavy atom. The van der Waals surface area contributed by atoms with Gasteiger partial charge in [0.05, 0.1) is 18.1 Å². The first-order valence-corrected chi connectivity index (χ1v) is 3.91. The Morgan fingerprint density at radius 2 is 2.14 bits per heavy atom. The monoisotopic (exact) mass is 220 g/mol. The third-order valence-corrected chi connectivity index (χ3v) is 1.79. The summed E-state index contributed by atoms with van der Waals surface area (Å²) >= 11 is 5.27. The van der Waals surface area contributed by atoms with Gasteiger partial charge >= 0.3 is 6.18 Å². The van der Waals surface area contributed by atoms with Gasteiger partial charge in [-0.15, -0.1) is 0 Å². The second-order valence-corrected chi connectivity index (χ2v) is 2.87. The first-order valence-electron chi connectivity index (χ1n) is 3.53. The second kappa shape index (κ2) is 3.84. The van der Waals surface area contributed by atoms with Crippen molar-refractivity contribution in [3.63, 3.8) is 0 Å². The maximum atomic E-state index is 12.3. The topological polar surface area (TPSA) is 36.7 Å². The molecule has 0 spiro atoms. The van der Waals surface area contributed by atoms with Crippen molar-refractivity contribution >= 4 is 11.6 Å². The van der Waals surface area contributed by atoms with Crippen LogP contribution in [0.4, 0.5) is 13.2 Å². The molecule has 0 aliphatic rings. The molecule has 0 atom stereocenters. The smallest absolute Gasteiger partial charge is 0.244 e. The molecule has 0 aromatic carbocycles. The standard InChI is InChI=1S/C8H4ClF3N2/c9-7-6(8(10,11)12)3-5(1-2-13)4-14-7/h3-4H,1H2. The first-order chi connectivity index (χ1) is 6.45. The number of hydrogen-bond donors (Lipinski definition) is 0. The van der Waals surface area contributed by atoms with E-state index < -0.39 is 16.9 Å². The Bertz CT molecular complexity index is 381. The Labute approximate surface area is 82.9 Å². The molecule has 14 heavy (non-hydrogen) atoms. The van der Waals surface area contributed by atoms with Gasteiger partial charge in [-0.1, -0.05) is 11.6 Å². The molecule has 0 saturated carbocycles. The van der Waals surface area contributed by atoms with Crippen LogP contribution in [0.15, 0.2) is 12.3 Å². The van der Waals surface area contributed by atoms with Crippen molar-refractivity contribution in [2.24, 2.45) is 0 Å². The molecule has 0 amide bonds. The summed E-state index contributed by atoms with van der Waals surface area (Å²) in [7, 11) is 0. The quantitative estimate of drug-likeness (QED) is 0.683. The van der Waals surface area contributed by atoms with E-state index in [2.05, 4.69) is 4.98 Å². The number of nitriles is 1. The maximum Gasteiger partial charge on any atom is 0.419 e. The summed E-state index contributed by atoms with van der Waals surface area (Å²) in [5, 5.41) is 7.69. The van der Waals surface area contributed by atoms with Crippen LogP contribution in [0, 0.1) is 11.3 Å². The second-order valence-electron chi connectivity index (χ2n) is 2.51. The predicted octanol–water partition coefficient (Wildman–Crippen LogP) is 2.82. The molecule has 0 radical (unpaired) electrons. The molecule has 0 fully saturated rings. The van der Waals surface area contributed by atoms with Gasteiger partial charge in [0.25, 0.3) is 0 Å². The highest BCUT2D eigenvalue weighted by atomic mass is 35.5. The van der Waals surface area contributed by atoms with Gasteiger partial charge in [0, 0.05) is 6.20 Å². The lowest BCUT2D eigenvalue weighted by Gasteiger charge is -2.08. The maximum absolute atomic E-state index is 12.3. The van der Waals surface area contributed by atoms with Crippen LogP contribution in [-0.2, 0) is 12.6 Å². The molecular formula is C8H4ClF3N2. The van der Waals surface area contributed by atoms with Gasteiger partial charge in [-0.25, -0.2) is 4.98 Å². The van der Waals surface area contributed by atoms with Gasteiger partial charge in [0.2, 0.25) is 0 Å². The van der Waals surface area contributed by atoms with Crippen LogP contribution in [0.25, 0.3) is 0 Å². The van der Waals surface area contributed by atoms with Crippen molar-refractivity contribution < 1.29 is 13.2 Å². The SMILES string of the molecule is N#CCc1cnc(Cl)c(C(F)(F)F)c1. The van der Waals surface area contributed by atoms with E-state index in [1.165, 1.54) is 0 Å². The summed E-state index contributed by atoms with van der Waals surface area (Å²) in [5.74, 6) is 0. The number of hydrogen-bond acceptors (Lipinski definition) is 2. The molecule has 2 nitrogen and oxygen atoms in total. The van der Waals surface area contributed by atoms with Gasteiger partial charge in [-0.3, -0.25) is 0 Å². The Morgan fingerprint density at radius 3 is 2.64 bits per heavy atom. The molecule has 1 rings (SSSR count). The molecule has 0 unspecified atom stereocenters. The zero-order valence-corrected chi connectivity index (χ0v) is 7.52. The third-order valence-electron chi connectivity index (χ3n) is 1.48. The van der Waals surface area contributed by atoms with Crippen LogP contribution in [-0.4, -0.2) is 4.98 Å². The zero-order valence-electron chi connectivity index (χ0n) is 6.77. The van der Waals surface area contributed by atoms with Crippen LogP contribution in [0.5, 0.6) is 0 Å². The number of rotatable bonds is 1. The fourth-order valence-electron chi connectivity index (χ4n) is 0.878. The van der Waals surface area contributed by atoms with Crippen LogP contribution < -0.4 is 0 Å². The van der Waals surface area contributed by atoms with Crippen LogP contribution in [0.3, 0.4) is 0 Å². The summed E-state index contributed by atoms with van der Waals surface area (Å²) < 4.78 is 36.8. The van der Waals surface area contributed by atoms with Crippen molar-refractivity contribution in [3.05, 3.63) is 28.5 Å². The lowest BCUT2D eigenvalue weighted by Crippen LogP contribution is -2.07. The summed E-state index contributed by atoms with van der Waals surface area (Å²) in [6, 6.07) is 2.56. The third kappa shape index (κ3) is 2.36. The van der Waals surface area contributed by atoms with E-state index in [1.807, 2.05) is 0 Å². The Balaban J connectivity index is 3.17. The highest BCUT2D eigenvalue weighted by Gasteiger charge is 2.34. The van der Waals surface area contributed by atoms with E-state index in [9.17, 15) is 13.2 Å². The molecule has 74 valence electrons. The average molecular weight is 221 g/mol. The number of alkyl halides is 3. The lowest BCUT2D eigenvalue weighted by molar-refractivity contribution is -0.137. The molecule has 0 aliphatic carbocycles. The highest BCUT2D eigenvalue weighted by Crippen LogP contribution is 2.33. The molecule has 0 saturated heterocycles. The van der Waals surface area contributed by atoms with Crippen molar-refractivity contribution in [1.82, 2.24) is 4.98 Å². The molecular weight excluding hydrogens is 217 g/mol. The van der Waals surface area contributed by atoms with Gasteiger partial charge in [0.1, 0.15) is 5.15 Å². The normalized spacial score (nSPS) is 11.1. The van der Waals surface area contributed by atoms with Crippen molar-refractivity contribution in [2.75, 3.05) is 0 Å². The van der Waals surface area contributed by atoms with Crippen LogP contribution in [0.1, 0.15) is 11.1 Å². The van der Waals surface area contributed by atoms with Crippen LogP contribution in [0.2, 0.25) is 5.15 Å². The molecule has 0 aliphatic heterocycles. The largest absolute Gasteiger partial charge is 0.419 e. The number of pyridine rings is 1. The van der Waals surface area contributed by atoms with Crippen LogP contribution >= 0.6 is 11.6 Å². The van der Waals surface area contributed by atoms with E-state index in [1.54, 1.807) is 6.07 Å². The molecule has 1 aromatic rings. The Hall–Kier alpha value is -1.28. The predicted molar refractivity (Wildman–Crippen MR) is 43.6 cm³/mol. The van der Waals surface area contributed by atoms with Gasteiger partial charge in [0.15, 0.2) is 0 Å². The summed E-state index contributed by atoms with van der Waals surface area (Å²) in [6.07, 6.45) is -3.50.